The summed E-state index contributed by atoms with van der Waals surface area (Å²) >= 11 is 0. The molecule has 0 spiro atoms. The van der Waals surface area contributed by atoms with E-state index in [2.05, 4.69) is 22.9 Å². The number of pyridine rings is 1. The van der Waals surface area contributed by atoms with Crippen molar-refractivity contribution in [3.63, 3.8) is 0 Å². The van der Waals surface area contributed by atoms with E-state index in [4.69, 9.17) is 4.74 Å². The van der Waals surface area contributed by atoms with E-state index in [9.17, 15) is 0 Å². The minimum Gasteiger partial charge on any atom is -0.502 e. The molecule has 1 N–H and O–H groups in total. The van der Waals surface area contributed by atoms with Gasteiger partial charge in [-0.05, 0) is 43.9 Å². The molecule has 0 fully saturated rings. The molecule has 1 aromatic heterocycles. The molecule has 0 amide bonds. The first-order valence-electron chi connectivity index (χ1n) is 6.31. The maximum absolute atomic E-state index is 5.10. The van der Waals surface area contributed by atoms with Gasteiger partial charge in [0.1, 0.15) is 0 Å². The van der Waals surface area contributed by atoms with Crippen LogP contribution in [0.15, 0.2) is 31.2 Å². The average Bonchev–Trinajstić information content (AvgIpc) is 2.39. The summed E-state index contributed by atoms with van der Waals surface area (Å²) in [4.78, 5) is 4.51. The predicted octanol–water partition coefficient (Wildman–Crippen LogP) is 2.60. The van der Waals surface area contributed by atoms with Crippen LogP contribution in [0.4, 0.5) is 0 Å². The Balaban J connectivity index is 1.84. The number of nitrogens with one attached hydrogen (secondary N) is 1. The molecule has 0 saturated heterocycles. The molecule has 1 aromatic rings. The molecule has 0 aliphatic heterocycles. The fourth-order valence-corrected chi connectivity index (χ4v) is 2.32. The van der Waals surface area contributed by atoms with E-state index >= 15 is 0 Å². The molecule has 3 heteroatoms. The first kappa shape index (κ1) is 12.1. The van der Waals surface area contributed by atoms with Gasteiger partial charge in [-0.2, -0.15) is 0 Å². The Kier molecular flexibility index (Phi) is 4.56. The van der Waals surface area contributed by atoms with Crippen molar-refractivity contribution in [2.24, 2.45) is 0 Å². The summed E-state index contributed by atoms with van der Waals surface area (Å²) < 4.78 is 5.10. The highest BCUT2D eigenvalue weighted by Crippen LogP contribution is 2.27. The second kappa shape index (κ2) is 6.40. The Bertz CT molecular complexity index is 365. The molecule has 3 nitrogen and oxygen atoms in total. The van der Waals surface area contributed by atoms with Crippen molar-refractivity contribution < 1.29 is 4.74 Å². The summed E-state index contributed by atoms with van der Waals surface area (Å²) in [6, 6.07) is 4.64. The van der Waals surface area contributed by atoms with E-state index < -0.39 is 0 Å². The molecule has 1 aliphatic rings. The van der Waals surface area contributed by atoms with Crippen LogP contribution in [0.5, 0.6) is 0 Å². The molecule has 0 bridgehead atoms. The minimum atomic E-state index is 0.420. The van der Waals surface area contributed by atoms with Crippen molar-refractivity contribution >= 4 is 0 Å². The van der Waals surface area contributed by atoms with E-state index in [1.807, 2.05) is 12.3 Å². The number of fused-ring (bicyclic) bond motifs is 1. The Morgan fingerprint density at radius 3 is 3.41 bits per heavy atom. The van der Waals surface area contributed by atoms with Crippen LogP contribution in [0.2, 0.25) is 0 Å². The van der Waals surface area contributed by atoms with Crippen LogP contribution in [0.25, 0.3) is 0 Å². The molecule has 0 saturated carbocycles. The molecule has 0 aromatic carbocycles. The van der Waals surface area contributed by atoms with Crippen molar-refractivity contribution in [2.75, 3.05) is 13.2 Å². The minimum absolute atomic E-state index is 0.420. The molecular formula is C14H20N2O. The number of ether oxygens (including phenoxy) is 1. The normalized spacial score (nSPS) is 18.5. The van der Waals surface area contributed by atoms with Crippen molar-refractivity contribution in [3.8, 4) is 0 Å². The van der Waals surface area contributed by atoms with Crippen LogP contribution < -0.4 is 5.32 Å². The van der Waals surface area contributed by atoms with Crippen molar-refractivity contribution in [3.05, 3.63) is 42.4 Å². The molecule has 17 heavy (non-hydrogen) atoms. The lowest BCUT2D eigenvalue weighted by atomic mass is 9.92. The first-order chi connectivity index (χ1) is 8.42. The molecule has 1 aliphatic carbocycles. The maximum atomic E-state index is 5.10. The van der Waals surface area contributed by atoms with E-state index in [1.54, 1.807) is 0 Å². The topological polar surface area (TPSA) is 34.1 Å². The summed E-state index contributed by atoms with van der Waals surface area (Å²) in [6.45, 7) is 5.23. The molecule has 1 heterocycles. The van der Waals surface area contributed by atoms with E-state index in [-0.39, 0.29) is 0 Å². The first-order valence-corrected chi connectivity index (χ1v) is 6.31. The van der Waals surface area contributed by atoms with Gasteiger partial charge in [0.15, 0.2) is 0 Å². The van der Waals surface area contributed by atoms with Crippen molar-refractivity contribution in [1.82, 2.24) is 10.3 Å². The van der Waals surface area contributed by atoms with Crippen molar-refractivity contribution in [2.45, 2.75) is 31.7 Å². The fraction of sp³-hybridized carbons (Fsp3) is 0.500. The quantitative estimate of drug-likeness (QED) is 0.604. The summed E-state index contributed by atoms with van der Waals surface area (Å²) in [5, 5.41) is 3.56. The third kappa shape index (κ3) is 3.30. The van der Waals surface area contributed by atoms with Gasteiger partial charge in [-0.25, -0.2) is 0 Å². The standard InChI is InChI=1S/C14H20N2O/c1-2-17-11-5-10-15-13-8-3-6-12-7-4-9-16-14(12)13/h2,4,7,9,13,15H,1,3,5-6,8,10-11H2. The second-order valence-electron chi connectivity index (χ2n) is 4.34. The van der Waals surface area contributed by atoms with Gasteiger partial charge in [-0.3, -0.25) is 4.98 Å². The van der Waals surface area contributed by atoms with Gasteiger partial charge < -0.3 is 10.1 Å². The number of nitrogens with zero attached hydrogens (tertiary/aromatic N) is 1. The number of aromatic nitrogens is 1. The Morgan fingerprint density at radius 1 is 1.59 bits per heavy atom. The van der Waals surface area contributed by atoms with Crippen LogP contribution in [0.1, 0.15) is 36.6 Å². The smallest absolute Gasteiger partial charge is 0.0885 e. The number of aryl methyl sites for hydroxylation is 1. The van der Waals surface area contributed by atoms with E-state index in [0.717, 1.165) is 19.6 Å². The lowest BCUT2D eigenvalue weighted by Gasteiger charge is -2.25. The molecule has 2 rings (SSSR count). The zero-order valence-electron chi connectivity index (χ0n) is 10.2. The van der Waals surface area contributed by atoms with Crippen LogP contribution in [-0.4, -0.2) is 18.1 Å². The van der Waals surface area contributed by atoms with Gasteiger partial charge in [-0.15, -0.1) is 0 Å². The van der Waals surface area contributed by atoms with Crippen LogP contribution >= 0.6 is 0 Å². The molecule has 1 atom stereocenters. The zero-order valence-corrected chi connectivity index (χ0v) is 10.2. The van der Waals surface area contributed by atoms with Crippen LogP contribution in [0, 0.1) is 0 Å². The number of rotatable bonds is 6. The summed E-state index contributed by atoms with van der Waals surface area (Å²) in [6.07, 6.45) is 7.99. The Labute approximate surface area is 103 Å². The molecule has 92 valence electrons. The second-order valence-corrected chi connectivity index (χ2v) is 4.34. The van der Waals surface area contributed by atoms with Crippen LogP contribution in [0.3, 0.4) is 0 Å². The Morgan fingerprint density at radius 2 is 2.53 bits per heavy atom. The SMILES string of the molecule is C=COCCCNC1CCCc2cccnc21. The van der Waals surface area contributed by atoms with E-state index in [1.165, 1.54) is 36.8 Å². The third-order valence-electron chi connectivity index (χ3n) is 3.14. The van der Waals surface area contributed by atoms with Gasteiger partial charge in [0.25, 0.3) is 0 Å². The van der Waals surface area contributed by atoms with E-state index in [0.29, 0.717) is 6.04 Å². The Hall–Kier alpha value is -1.35. The van der Waals surface area contributed by atoms with Gasteiger partial charge in [0, 0.05) is 12.2 Å². The summed E-state index contributed by atoms with van der Waals surface area (Å²) in [7, 11) is 0. The maximum Gasteiger partial charge on any atom is 0.0885 e. The highest BCUT2D eigenvalue weighted by Gasteiger charge is 2.20. The fourth-order valence-electron chi connectivity index (χ4n) is 2.32. The highest BCUT2D eigenvalue weighted by molar-refractivity contribution is 5.25. The zero-order chi connectivity index (χ0) is 11.9. The summed E-state index contributed by atoms with van der Waals surface area (Å²) in [5.74, 6) is 0. The average molecular weight is 232 g/mol. The summed E-state index contributed by atoms with van der Waals surface area (Å²) in [5.41, 5.74) is 2.64. The van der Waals surface area contributed by atoms with Gasteiger partial charge in [-0.1, -0.05) is 12.6 Å². The van der Waals surface area contributed by atoms with Crippen LogP contribution in [-0.2, 0) is 11.2 Å². The molecule has 1 unspecified atom stereocenters. The monoisotopic (exact) mass is 232 g/mol. The highest BCUT2D eigenvalue weighted by atomic mass is 16.5. The number of hydrogen-bond acceptors (Lipinski definition) is 3. The van der Waals surface area contributed by atoms with Gasteiger partial charge in [0.2, 0.25) is 0 Å². The third-order valence-corrected chi connectivity index (χ3v) is 3.14. The largest absolute Gasteiger partial charge is 0.502 e. The molecule has 0 radical (unpaired) electrons. The lowest BCUT2D eigenvalue weighted by Crippen LogP contribution is -2.27. The predicted molar refractivity (Wildman–Crippen MR) is 68.7 cm³/mol. The van der Waals surface area contributed by atoms with Gasteiger partial charge in [0.05, 0.1) is 18.6 Å². The lowest BCUT2D eigenvalue weighted by molar-refractivity contribution is 0.241. The molecular weight excluding hydrogens is 212 g/mol. The number of hydrogen-bond donors (Lipinski definition) is 1. The van der Waals surface area contributed by atoms with Gasteiger partial charge >= 0.3 is 0 Å². The van der Waals surface area contributed by atoms with Crippen molar-refractivity contribution in [1.29, 1.82) is 0 Å².